The average Bonchev–Trinajstić information content (AvgIpc) is 3.71. The lowest BCUT2D eigenvalue weighted by Gasteiger charge is -2.46. The SMILES string of the molecule is O=C1OC(c2ccccc2)C(c2ccccc2)N2C1C(C(=O)N1CCCCCCC1)C1(C(=O)N(C(=O)OCc3ccc([N+](=O)[O-])cc3)c3ccc(C#CCn4nnc5ccccc54)cc31)C2c1ccc(OCCO)cc1. The number of hydrogen-bond donors (Lipinski definition) is 1. The molecule has 384 valence electrons. The smallest absolute Gasteiger partial charge is 0.421 e. The Labute approximate surface area is 437 Å². The van der Waals surface area contributed by atoms with Gasteiger partial charge in [-0.15, -0.1) is 5.10 Å². The highest BCUT2D eigenvalue weighted by atomic mass is 16.6. The van der Waals surface area contributed by atoms with E-state index >= 15 is 19.2 Å². The lowest BCUT2D eigenvalue weighted by molar-refractivity contribution is -0.384. The number of likely N-dealkylation sites (tertiary alicyclic amines) is 1. The van der Waals surface area contributed by atoms with Crippen LogP contribution >= 0.6 is 0 Å². The molecule has 3 saturated heterocycles. The molecule has 76 heavy (non-hydrogen) atoms. The Morgan fingerprint density at radius 3 is 2.18 bits per heavy atom. The molecule has 17 nitrogen and oxygen atoms in total. The number of carbonyl (C=O) groups is 4. The molecule has 6 unspecified atom stereocenters. The van der Waals surface area contributed by atoms with Gasteiger partial charge in [-0.3, -0.25) is 29.4 Å². The fourth-order valence-corrected chi connectivity index (χ4v) is 11.7. The van der Waals surface area contributed by atoms with E-state index in [1.165, 1.54) is 24.3 Å². The largest absolute Gasteiger partial charge is 0.491 e. The van der Waals surface area contributed by atoms with E-state index in [9.17, 15) is 15.2 Å². The number of aliphatic hydroxyl groups excluding tert-OH is 1. The summed E-state index contributed by atoms with van der Waals surface area (Å²) in [5.74, 6) is 3.51. The van der Waals surface area contributed by atoms with E-state index in [-0.39, 0.29) is 43.3 Å². The summed E-state index contributed by atoms with van der Waals surface area (Å²) in [6.45, 7) is 0.366. The number of imide groups is 1. The number of nitrogens with zero attached hydrogens (tertiary/aromatic N) is 7. The molecule has 4 aliphatic rings. The minimum atomic E-state index is -2.06. The monoisotopic (exact) mass is 1020 g/mol. The topological polar surface area (TPSA) is 200 Å². The van der Waals surface area contributed by atoms with Crippen molar-refractivity contribution < 1.29 is 43.4 Å². The van der Waals surface area contributed by atoms with Gasteiger partial charge in [0, 0.05) is 30.8 Å². The van der Waals surface area contributed by atoms with E-state index in [0.717, 1.165) is 35.2 Å². The Balaban J connectivity index is 1.15. The van der Waals surface area contributed by atoms with Crippen molar-refractivity contribution >= 4 is 46.3 Å². The van der Waals surface area contributed by atoms with Crippen molar-refractivity contribution in [3.63, 3.8) is 0 Å². The molecule has 6 atom stereocenters. The normalized spacial score (nSPS) is 22.2. The molecule has 11 rings (SSSR count). The molecule has 1 N–H and O–H groups in total. The second-order valence-corrected chi connectivity index (χ2v) is 19.4. The number of fused-ring (bicyclic) bond motifs is 4. The van der Waals surface area contributed by atoms with Gasteiger partial charge < -0.3 is 24.2 Å². The van der Waals surface area contributed by atoms with Crippen LogP contribution in [0.3, 0.4) is 0 Å². The molecule has 0 saturated carbocycles. The predicted molar refractivity (Wildman–Crippen MR) is 278 cm³/mol. The lowest BCUT2D eigenvalue weighted by Crippen LogP contribution is -2.56. The summed E-state index contributed by atoms with van der Waals surface area (Å²) in [5, 5.41) is 29.8. The second kappa shape index (κ2) is 21.3. The summed E-state index contributed by atoms with van der Waals surface area (Å²) >= 11 is 0. The van der Waals surface area contributed by atoms with Gasteiger partial charge in [0.05, 0.1) is 40.7 Å². The molecule has 17 heteroatoms. The van der Waals surface area contributed by atoms with Gasteiger partial charge in [-0.25, -0.2) is 14.4 Å². The average molecular weight is 1020 g/mol. The third-order valence-electron chi connectivity index (χ3n) is 15.0. The minimum absolute atomic E-state index is 0.0216. The molecular formula is C59H53N7O10. The number of nitro benzene ring substituents is 1. The maximum absolute atomic E-state index is 16.8. The maximum Gasteiger partial charge on any atom is 0.421 e. The number of esters is 1. The molecule has 0 radical (unpaired) electrons. The Hall–Kier alpha value is -8.72. The van der Waals surface area contributed by atoms with Crippen LogP contribution in [0.4, 0.5) is 16.2 Å². The number of ether oxygens (including phenoxy) is 3. The number of anilines is 1. The van der Waals surface area contributed by atoms with Crippen LogP contribution in [0, 0.1) is 27.9 Å². The standard InChI is InChI=1S/C59H53N7O10/c67-35-36-74-45-29-25-43(26-30-45)54-59(50(55(68)62-32-12-2-1-3-13-33-62)52-56(69)76-53(42-18-8-5-9-19-42)51(65(52)54)41-16-6-4-7-17-41)46-37-39(15-14-34-63-49-21-11-10-20-47(49)60-61-63)24-31-48(46)64(57(59)70)58(71)75-38-40-22-27-44(28-23-40)66(72)73/h4-11,16-31,37,50-54,67H,1-3,12-13,32-36,38H2. The summed E-state index contributed by atoms with van der Waals surface area (Å²) in [7, 11) is 0. The summed E-state index contributed by atoms with van der Waals surface area (Å²) in [4.78, 5) is 79.6. The van der Waals surface area contributed by atoms with E-state index in [2.05, 4.69) is 22.2 Å². The van der Waals surface area contributed by atoms with Crippen LogP contribution in [0.1, 0.15) is 83.7 Å². The van der Waals surface area contributed by atoms with Crippen molar-refractivity contribution in [2.75, 3.05) is 31.2 Å². The van der Waals surface area contributed by atoms with Crippen LogP contribution in [0.25, 0.3) is 11.0 Å². The molecule has 1 aromatic heterocycles. The van der Waals surface area contributed by atoms with Crippen molar-refractivity contribution in [2.24, 2.45) is 5.92 Å². The molecular weight excluding hydrogens is 967 g/mol. The van der Waals surface area contributed by atoms with Crippen LogP contribution in [-0.2, 0) is 42.4 Å². The number of para-hydroxylation sites is 1. The zero-order valence-electron chi connectivity index (χ0n) is 41.4. The fourth-order valence-electron chi connectivity index (χ4n) is 11.7. The van der Waals surface area contributed by atoms with Gasteiger partial charge in [0.25, 0.3) is 5.69 Å². The second-order valence-electron chi connectivity index (χ2n) is 19.4. The van der Waals surface area contributed by atoms with Gasteiger partial charge in [0.2, 0.25) is 11.8 Å². The Morgan fingerprint density at radius 2 is 1.47 bits per heavy atom. The highest BCUT2D eigenvalue weighted by Crippen LogP contribution is 2.66. The molecule has 0 aliphatic carbocycles. The maximum atomic E-state index is 16.8. The van der Waals surface area contributed by atoms with Gasteiger partial charge in [-0.1, -0.05) is 121 Å². The van der Waals surface area contributed by atoms with E-state index in [0.29, 0.717) is 59.5 Å². The van der Waals surface area contributed by atoms with Crippen molar-refractivity contribution in [1.29, 1.82) is 0 Å². The first-order chi connectivity index (χ1) is 37.2. The number of hydrogen-bond acceptors (Lipinski definition) is 13. The number of nitro groups is 1. The first-order valence-electron chi connectivity index (χ1n) is 25.5. The van der Waals surface area contributed by atoms with Crippen LogP contribution in [0.2, 0.25) is 0 Å². The third-order valence-corrected chi connectivity index (χ3v) is 15.0. The number of morpholine rings is 1. The van der Waals surface area contributed by atoms with Crippen molar-refractivity contribution in [3.8, 4) is 17.6 Å². The Morgan fingerprint density at radius 1 is 0.789 bits per heavy atom. The molecule has 3 fully saturated rings. The van der Waals surface area contributed by atoms with Crippen molar-refractivity contribution in [2.45, 2.75) is 74.9 Å². The quantitative estimate of drug-likeness (QED) is 0.0560. The van der Waals surface area contributed by atoms with E-state index in [1.54, 1.807) is 52.0 Å². The minimum Gasteiger partial charge on any atom is -0.491 e. The molecule has 7 aromatic rings. The summed E-state index contributed by atoms with van der Waals surface area (Å²) < 4.78 is 20.2. The van der Waals surface area contributed by atoms with Crippen LogP contribution in [0.5, 0.6) is 5.75 Å². The number of rotatable bonds is 11. The molecule has 3 amide bonds. The van der Waals surface area contributed by atoms with Gasteiger partial charge in [-0.2, -0.15) is 0 Å². The first-order valence-corrected chi connectivity index (χ1v) is 25.5. The number of carbonyl (C=O) groups excluding carboxylic acids is 4. The molecule has 5 heterocycles. The number of non-ortho nitro benzene ring substituents is 1. The van der Waals surface area contributed by atoms with Gasteiger partial charge in [0.15, 0.2) is 0 Å². The lowest BCUT2D eigenvalue weighted by atomic mass is 9.64. The van der Waals surface area contributed by atoms with Gasteiger partial charge in [0.1, 0.15) is 48.6 Å². The van der Waals surface area contributed by atoms with Crippen LogP contribution in [0.15, 0.2) is 152 Å². The molecule has 0 bridgehead atoms. The summed E-state index contributed by atoms with van der Waals surface area (Å²) in [6.07, 6.45) is 2.22. The third kappa shape index (κ3) is 8.98. The van der Waals surface area contributed by atoms with E-state index in [1.807, 2.05) is 89.8 Å². The van der Waals surface area contributed by atoms with Gasteiger partial charge in [-0.05, 0) is 95.3 Å². The van der Waals surface area contributed by atoms with Crippen molar-refractivity contribution in [1.82, 2.24) is 24.8 Å². The first kappa shape index (κ1) is 49.5. The Kier molecular flexibility index (Phi) is 13.8. The number of cyclic esters (lactones) is 1. The predicted octanol–water partition coefficient (Wildman–Crippen LogP) is 8.56. The number of amides is 3. The summed E-state index contributed by atoms with van der Waals surface area (Å²) in [5.41, 5.74) is 2.55. The molecule has 1 spiro atoms. The number of aliphatic hydroxyl groups is 1. The summed E-state index contributed by atoms with van der Waals surface area (Å²) in [6, 6.07) is 40.8. The highest BCUT2D eigenvalue weighted by molar-refractivity contribution is 6.23. The Bertz CT molecular complexity index is 3370. The van der Waals surface area contributed by atoms with Crippen LogP contribution in [-0.4, -0.2) is 91.0 Å². The number of aromatic nitrogens is 3. The van der Waals surface area contributed by atoms with E-state index in [4.69, 9.17) is 14.2 Å². The zero-order valence-corrected chi connectivity index (χ0v) is 41.4. The van der Waals surface area contributed by atoms with Gasteiger partial charge >= 0.3 is 12.1 Å². The fraction of sp³-hybridized carbons (Fsp3) is 0.288. The van der Waals surface area contributed by atoms with Crippen molar-refractivity contribution in [3.05, 3.63) is 195 Å². The molecule has 6 aromatic carbocycles. The zero-order chi connectivity index (χ0) is 52.3. The highest BCUT2D eigenvalue weighted by Gasteiger charge is 2.76. The molecule has 4 aliphatic heterocycles. The van der Waals surface area contributed by atoms with E-state index < -0.39 is 64.4 Å². The number of benzene rings is 6. The van der Waals surface area contributed by atoms with Crippen LogP contribution < -0.4 is 9.64 Å².